The minimum Gasteiger partial charge on any atom is -0.443 e. The number of hydrogen-bond acceptors (Lipinski definition) is 8. The molecule has 0 spiro atoms. The van der Waals surface area contributed by atoms with Crippen LogP contribution in [0.15, 0.2) is 36.4 Å². The minimum absolute atomic E-state index is 0.0624. The van der Waals surface area contributed by atoms with Gasteiger partial charge in [-0.2, -0.15) is 0 Å². The van der Waals surface area contributed by atoms with Crippen molar-refractivity contribution in [3.63, 3.8) is 0 Å². The van der Waals surface area contributed by atoms with Gasteiger partial charge in [-0.3, -0.25) is 9.69 Å². The van der Waals surface area contributed by atoms with Crippen LogP contribution in [0.2, 0.25) is 0 Å². The first-order valence-electron chi connectivity index (χ1n) is 11.6. The lowest BCUT2D eigenvalue weighted by atomic mass is 10.1. The van der Waals surface area contributed by atoms with E-state index in [0.717, 1.165) is 6.07 Å². The van der Waals surface area contributed by atoms with Crippen LogP contribution in [-0.2, 0) is 15.4 Å². The van der Waals surface area contributed by atoms with Crippen LogP contribution in [0.1, 0.15) is 57.7 Å². The molecule has 0 bridgehead atoms. The topological polar surface area (TPSA) is 115 Å². The summed E-state index contributed by atoms with van der Waals surface area (Å²) in [6.45, 7) is 9.61. The number of nitrogens with zero attached hydrogens (tertiary/aromatic N) is 5. The van der Waals surface area contributed by atoms with Gasteiger partial charge in [-0.05, 0) is 59.7 Å². The molecule has 0 aliphatic heterocycles. The Morgan fingerprint density at radius 2 is 1.47 bits per heavy atom. The largest absolute Gasteiger partial charge is 0.443 e. The number of hydrogen-bond donors (Lipinski definition) is 0. The van der Waals surface area contributed by atoms with Gasteiger partial charge in [0.25, 0.3) is 5.91 Å². The molecule has 0 N–H and O–H groups in total. The van der Waals surface area contributed by atoms with Crippen molar-refractivity contribution in [3.8, 4) is 0 Å². The second-order valence-corrected chi connectivity index (χ2v) is 10.6. The predicted octanol–water partition coefficient (Wildman–Crippen LogP) is 5.86. The van der Waals surface area contributed by atoms with Gasteiger partial charge in [-0.1, -0.05) is 18.2 Å². The smallest absolute Gasteiger partial charge is 0.427 e. The molecule has 3 aromatic rings. The van der Waals surface area contributed by atoms with Crippen molar-refractivity contribution < 1.29 is 28.2 Å². The summed E-state index contributed by atoms with van der Waals surface area (Å²) >= 11 is 5.88. The lowest BCUT2D eigenvalue weighted by Gasteiger charge is -2.28. The molecule has 0 atom stereocenters. The average Bonchev–Trinajstić information content (AvgIpc) is 2.81. The highest BCUT2D eigenvalue weighted by Gasteiger charge is 2.36. The van der Waals surface area contributed by atoms with Crippen LogP contribution >= 0.6 is 11.6 Å². The monoisotopic (exact) mass is 545 g/mol. The van der Waals surface area contributed by atoms with Crippen LogP contribution in [0.4, 0.5) is 25.7 Å². The number of benzene rings is 1. The molecule has 0 saturated heterocycles. The van der Waals surface area contributed by atoms with E-state index in [1.807, 2.05) is 0 Å². The van der Waals surface area contributed by atoms with Gasteiger partial charge < -0.3 is 9.47 Å². The molecule has 0 saturated carbocycles. The summed E-state index contributed by atoms with van der Waals surface area (Å²) < 4.78 is 25.7. The highest BCUT2D eigenvalue weighted by atomic mass is 35.5. The van der Waals surface area contributed by atoms with E-state index in [-0.39, 0.29) is 28.3 Å². The Kier molecular flexibility index (Phi) is 8.21. The van der Waals surface area contributed by atoms with Crippen molar-refractivity contribution in [1.29, 1.82) is 0 Å². The zero-order valence-corrected chi connectivity index (χ0v) is 23.0. The summed E-state index contributed by atoms with van der Waals surface area (Å²) in [7, 11) is 1.45. The first-order chi connectivity index (χ1) is 17.6. The number of rotatable bonds is 4. The molecule has 0 unspecified atom stereocenters. The maximum absolute atomic E-state index is 14.9. The molecule has 0 radical (unpaired) electrons. The van der Waals surface area contributed by atoms with E-state index >= 15 is 0 Å². The maximum atomic E-state index is 14.9. The van der Waals surface area contributed by atoms with Crippen LogP contribution < -0.4 is 9.80 Å². The third kappa shape index (κ3) is 6.71. The molecule has 0 fully saturated rings. The quantitative estimate of drug-likeness (QED) is 0.375. The Morgan fingerprint density at radius 1 is 0.895 bits per heavy atom. The lowest BCUT2D eigenvalue weighted by molar-refractivity contribution is 0.0426. The molecule has 12 heteroatoms. The molecule has 0 aliphatic carbocycles. The van der Waals surface area contributed by atoms with E-state index in [0.29, 0.717) is 10.6 Å². The Morgan fingerprint density at radius 3 is 2.03 bits per heavy atom. The molecule has 3 amide bonds. The molecular formula is C26H29ClFN5O5. The fraction of sp³-hybridized carbons (Fsp3) is 0.385. The zero-order chi connectivity index (χ0) is 28.4. The van der Waals surface area contributed by atoms with E-state index in [4.69, 9.17) is 21.1 Å². The number of aromatic nitrogens is 3. The summed E-state index contributed by atoms with van der Waals surface area (Å²) in [5.41, 5.74) is -2.03. The van der Waals surface area contributed by atoms with Gasteiger partial charge in [0.15, 0.2) is 0 Å². The Balaban J connectivity index is 2.22. The summed E-state index contributed by atoms with van der Waals surface area (Å²) in [5, 5.41) is 0.0624. The summed E-state index contributed by atoms with van der Waals surface area (Å²) in [4.78, 5) is 54.2. The van der Waals surface area contributed by atoms with E-state index in [1.54, 1.807) is 59.7 Å². The third-order valence-corrected chi connectivity index (χ3v) is 5.07. The molecule has 1 aromatic carbocycles. The van der Waals surface area contributed by atoms with E-state index < -0.39 is 41.1 Å². The van der Waals surface area contributed by atoms with Gasteiger partial charge in [0, 0.05) is 12.4 Å². The van der Waals surface area contributed by atoms with E-state index in [2.05, 4.69) is 15.0 Å². The zero-order valence-electron chi connectivity index (χ0n) is 22.2. The Labute approximate surface area is 224 Å². The van der Waals surface area contributed by atoms with Crippen molar-refractivity contribution in [2.24, 2.45) is 0 Å². The SMILES string of the molecule is CN(C(=O)c1nc(N(C(=O)OC(C)(C)C)C(=O)OC(C)(C)C)nc2c(F)cccc12)c1cccc(CCl)n1. The van der Waals surface area contributed by atoms with Crippen LogP contribution in [-0.4, -0.2) is 51.3 Å². The van der Waals surface area contributed by atoms with Crippen molar-refractivity contribution in [2.45, 2.75) is 58.6 Å². The van der Waals surface area contributed by atoms with Crippen molar-refractivity contribution >= 4 is 52.4 Å². The van der Waals surface area contributed by atoms with Crippen LogP contribution in [0, 0.1) is 5.82 Å². The normalized spacial score (nSPS) is 11.7. The molecule has 2 heterocycles. The Hall–Kier alpha value is -3.86. The number of fused-ring (bicyclic) bond motifs is 1. The van der Waals surface area contributed by atoms with Crippen LogP contribution in [0.5, 0.6) is 0 Å². The maximum Gasteiger partial charge on any atom is 0.427 e. The third-order valence-electron chi connectivity index (χ3n) is 4.80. The van der Waals surface area contributed by atoms with E-state index in [1.165, 1.54) is 24.1 Å². The molecule has 2 aromatic heterocycles. The van der Waals surface area contributed by atoms with Gasteiger partial charge in [0.1, 0.15) is 34.0 Å². The molecule has 10 nitrogen and oxygen atoms in total. The van der Waals surface area contributed by atoms with Crippen molar-refractivity contribution in [1.82, 2.24) is 15.0 Å². The standard InChI is InChI=1S/C26H29ClFN5O5/c1-25(2,3)37-23(35)33(24(36)38-26(4,5)6)22-30-19-16(11-9-12-17(19)28)20(31-22)21(34)32(7)18-13-8-10-15(14-27)29-18/h8-13H,14H2,1-7H3. The minimum atomic E-state index is -1.16. The van der Waals surface area contributed by atoms with Crippen molar-refractivity contribution in [2.75, 3.05) is 16.8 Å². The summed E-state index contributed by atoms with van der Waals surface area (Å²) in [6.07, 6.45) is -2.32. The first-order valence-corrected chi connectivity index (χ1v) is 12.2. The van der Waals surface area contributed by atoms with Gasteiger partial charge in [-0.25, -0.2) is 28.9 Å². The molecule has 3 rings (SSSR count). The first kappa shape index (κ1) is 28.7. The Bertz CT molecular complexity index is 1360. The number of carbonyl (C=O) groups is 3. The second kappa shape index (κ2) is 10.9. The van der Waals surface area contributed by atoms with Crippen LogP contribution in [0.3, 0.4) is 0 Å². The average molecular weight is 546 g/mol. The highest BCUT2D eigenvalue weighted by Crippen LogP contribution is 2.26. The fourth-order valence-corrected chi connectivity index (χ4v) is 3.36. The van der Waals surface area contributed by atoms with Gasteiger partial charge in [-0.15, -0.1) is 16.5 Å². The second-order valence-electron chi connectivity index (χ2n) is 10.3. The van der Waals surface area contributed by atoms with E-state index in [9.17, 15) is 18.8 Å². The van der Waals surface area contributed by atoms with Gasteiger partial charge in [0.2, 0.25) is 5.95 Å². The highest BCUT2D eigenvalue weighted by molar-refractivity contribution is 6.17. The number of ether oxygens (including phenoxy) is 2. The molecular weight excluding hydrogens is 517 g/mol. The predicted molar refractivity (Wildman–Crippen MR) is 141 cm³/mol. The molecule has 38 heavy (non-hydrogen) atoms. The number of alkyl halides is 1. The fourth-order valence-electron chi connectivity index (χ4n) is 3.21. The number of imide groups is 1. The molecule has 0 aliphatic rings. The number of anilines is 2. The van der Waals surface area contributed by atoms with Crippen molar-refractivity contribution in [3.05, 3.63) is 53.6 Å². The lowest BCUT2D eigenvalue weighted by Crippen LogP contribution is -2.45. The van der Waals surface area contributed by atoms with Crippen LogP contribution in [0.25, 0.3) is 10.9 Å². The summed E-state index contributed by atoms with van der Waals surface area (Å²) in [6, 6.07) is 8.95. The number of pyridine rings is 1. The van der Waals surface area contributed by atoms with Gasteiger partial charge in [0.05, 0.1) is 11.6 Å². The number of halogens is 2. The number of carbonyl (C=O) groups excluding carboxylic acids is 3. The number of para-hydroxylation sites is 1. The number of amides is 3. The van der Waals surface area contributed by atoms with Gasteiger partial charge >= 0.3 is 12.2 Å². The molecule has 202 valence electrons. The summed E-state index contributed by atoms with van der Waals surface area (Å²) in [5.74, 6) is -1.70.